The molecule has 3 heterocycles. The SMILES string of the molecule is CC(=Cc1ccccc1)CN1CCN(CC2ON=C3c4ccc(C=O)cc4OCC32)CC1. The van der Waals surface area contributed by atoms with Gasteiger partial charge in [-0.05, 0) is 24.6 Å². The van der Waals surface area contributed by atoms with Crippen LogP contribution < -0.4 is 4.74 Å². The van der Waals surface area contributed by atoms with E-state index < -0.39 is 0 Å². The highest BCUT2D eigenvalue weighted by molar-refractivity contribution is 6.06. The molecule has 0 aliphatic carbocycles. The lowest BCUT2D eigenvalue weighted by atomic mass is 9.89. The van der Waals surface area contributed by atoms with Crippen LogP contribution in [0.2, 0.25) is 0 Å². The van der Waals surface area contributed by atoms with E-state index in [1.165, 1.54) is 11.1 Å². The fourth-order valence-electron chi connectivity index (χ4n) is 4.78. The van der Waals surface area contributed by atoms with Crippen LogP contribution >= 0.6 is 0 Å². The molecule has 1 fully saturated rings. The van der Waals surface area contributed by atoms with Gasteiger partial charge in [-0.2, -0.15) is 0 Å². The number of piperazine rings is 1. The van der Waals surface area contributed by atoms with Crippen molar-refractivity contribution in [3.05, 3.63) is 70.8 Å². The zero-order valence-electron chi connectivity index (χ0n) is 18.4. The van der Waals surface area contributed by atoms with Crippen molar-refractivity contribution in [3.8, 4) is 5.75 Å². The first kappa shape index (κ1) is 20.9. The summed E-state index contributed by atoms with van der Waals surface area (Å²) in [5.41, 5.74) is 5.16. The van der Waals surface area contributed by atoms with Gasteiger partial charge >= 0.3 is 0 Å². The molecular formula is C26H29N3O3. The zero-order chi connectivity index (χ0) is 21.9. The van der Waals surface area contributed by atoms with Crippen LogP contribution in [0.25, 0.3) is 6.08 Å². The van der Waals surface area contributed by atoms with Crippen molar-refractivity contribution in [1.82, 2.24) is 9.80 Å². The largest absolute Gasteiger partial charge is 0.492 e. The molecule has 32 heavy (non-hydrogen) atoms. The summed E-state index contributed by atoms with van der Waals surface area (Å²) in [7, 11) is 0. The topological polar surface area (TPSA) is 54.4 Å². The second kappa shape index (κ2) is 9.27. The minimum atomic E-state index is 0.00941. The third kappa shape index (κ3) is 4.47. The Kier molecular flexibility index (Phi) is 6.06. The van der Waals surface area contributed by atoms with Crippen molar-refractivity contribution in [3.63, 3.8) is 0 Å². The second-order valence-electron chi connectivity index (χ2n) is 8.89. The zero-order valence-corrected chi connectivity index (χ0v) is 18.4. The molecule has 0 radical (unpaired) electrons. The fourth-order valence-corrected chi connectivity index (χ4v) is 4.78. The van der Waals surface area contributed by atoms with Crippen molar-refractivity contribution in [2.24, 2.45) is 11.1 Å². The van der Waals surface area contributed by atoms with E-state index in [4.69, 9.17) is 9.57 Å². The molecule has 3 aliphatic rings. The summed E-state index contributed by atoms with van der Waals surface area (Å²) in [5.74, 6) is 0.861. The van der Waals surface area contributed by atoms with Gasteiger partial charge in [0.15, 0.2) is 6.10 Å². The number of rotatable bonds is 6. The number of carbonyl (C=O) groups is 1. The van der Waals surface area contributed by atoms with Crippen LogP contribution in [-0.2, 0) is 4.84 Å². The predicted octanol–water partition coefficient (Wildman–Crippen LogP) is 3.33. The Bertz CT molecular complexity index is 1030. The molecule has 0 N–H and O–H groups in total. The van der Waals surface area contributed by atoms with Crippen molar-refractivity contribution in [2.75, 3.05) is 45.9 Å². The number of carbonyl (C=O) groups excluding carboxylic acids is 1. The summed E-state index contributed by atoms with van der Waals surface area (Å²) in [6, 6.07) is 16.0. The molecule has 166 valence electrons. The quantitative estimate of drug-likeness (QED) is 0.657. The maximum absolute atomic E-state index is 11.0. The number of hydrogen-bond donors (Lipinski definition) is 0. The van der Waals surface area contributed by atoms with Gasteiger partial charge in [-0.3, -0.25) is 14.6 Å². The van der Waals surface area contributed by atoms with Crippen LogP contribution in [0, 0.1) is 5.92 Å². The predicted molar refractivity (Wildman–Crippen MR) is 125 cm³/mol. The molecule has 2 aromatic carbocycles. The molecule has 0 amide bonds. The molecule has 2 atom stereocenters. The number of hydrogen-bond acceptors (Lipinski definition) is 6. The van der Waals surface area contributed by atoms with E-state index >= 15 is 0 Å². The minimum Gasteiger partial charge on any atom is -0.492 e. The summed E-state index contributed by atoms with van der Waals surface area (Å²) >= 11 is 0. The van der Waals surface area contributed by atoms with E-state index in [1.807, 2.05) is 6.07 Å². The fraction of sp³-hybridized carbons (Fsp3) is 0.385. The Hall–Kier alpha value is -2.96. The number of oxime groups is 1. The van der Waals surface area contributed by atoms with E-state index in [0.29, 0.717) is 12.2 Å². The Morgan fingerprint density at radius 2 is 1.84 bits per heavy atom. The molecular weight excluding hydrogens is 402 g/mol. The van der Waals surface area contributed by atoms with E-state index in [2.05, 4.69) is 58.3 Å². The van der Waals surface area contributed by atoms with E-state index in [9.17, 15) is 4.79 Å². The summed E-state index contributed by atoms with van der Waals surface area (Å²) in [4.78, 5) is 21.9. The van der Waals surface area contributed by atoms with Gasteiger partial charge in [-0.25, -0.2) is 0 Å². The van der Waals surface area contributed by atoms with Gasteiger partial charge < -0.3 is 9.57 Å². The molecule has 0 spiro atoms. The molecule has 0 saturated carbocycles. The van der Waals surface area contributed by atoms with Crippen LogP contribution in [0.1, 0.15) is 28.4 Å². The highest BCUT2D eigenvalue weighted by atomic mass is 16.6. The van der Waals surface area contributed by atoms with Gasteiger partial charge in [0.25, 0.3) is 0 Å². The number of benzene rings is 2. The molecule has 3 aliphatic heterocycles. The molecule has 6 heteroatoms. The lowest BCUT2D eigenvalue weighted by molar-refractivity contribution is 0.0101. The highest BCUT2D eigenvalue weighted by Crippen LogP contribution is 2.34. The first-order chi connectivity index (χ1) is 15.7. The minimum absolute atomic E-state index is 0.00941. The Labute approximate surface area is 189 Å². The average Bonchev–Trinajstić information content (AvgIpc) is 3.23. The first-order valence-corrected chi connectivity index (χ1v) is 11.3. The van der Waals surface area contributed by atoms with Crippen LogP contribution in [0.4, 0.5) is 0 Å². The molecule has 1 saturated heterocycles. The summed E-state index contributed by atoms with van der Waals surface area (Å²) < 4.78 is 5.96. The number of nitrogens with zero attached hydrogens (tertiary/aromatic N) is 3. The smallest absolute Gasteiger partial charge is 0.151 e. The van der Waals surface area contributed by atoms with Crippen molar-refractivity contribution < 1.29 is 14.4 Å². The van der Waals surface area contributed by atoms with Crippen molar-refractivity contribution in [1.29, 1.82) is 0 Å². The van der Waals surface area contributed by atoms with Crippen molar-refractivity contribution in [2.45, 2.75) is 13.0 Å². The van der Waals surface area contributed by atoms with Crippen LogP contribution in [0.15, 0.2) is 59.3 Å². The van der Waals surface area contributed by atoms with E-state index in [-0.39, 0.29) is 12.0 Å². The summed E-state index contributed by atoms with van der Waals surface area (Å²) in [5, 5.41) is 4.40. The number of ether oxygens (including phenoxy) is 1. The van der Waals surface area contributed by atoms with Crippen molar-refractivity contribution >= 4 is 18.1 Å². The van der Waals surface area contributed by atoms with E-state index in [0.717, 1.165) is 62.6 Å². The maximum Gasteiger partial charge on any atom is 0.151 e. The first-order valence-electron chi connectivity index (χ1n) is 11.3. The number of fused-ring (bicyclic) bond motifs is 3. The van der Waals surface area contributed by atoms with Gasteiger partial charge in [-0.1, -0.05) is 53.2 Å². The van der Waals surface area contributed by atoms with Crippen LogP contribution in [0.3, 0.4) is 0 Å². The molecule has 0 aromatic heterocycles. The normalized spacial score (nSPS) is 23.5. The second-order valence-corrected chi connectivity index (χ2v) is 8.89. The Balaban J connectivity index is 1.13. The third-order valence-corrected chi connectivity index (χ3v) is 6.51. The molecule has 6 nitrogen and oxygen atoms in total. The monoisotopic (exact) mass is 431 g/mol. The van der Waals surface area contributed by atoms with Gasteiger partial charge in [0.1, 0.15) is 24.4 Å². The molecule has 2 aromatic rings. The van der Waals surface area contributed by atoms with E-state index in [1.54, 1.807) is 12.1 Å². The average molecular weight is 432 g/mol. The lowest BCUT2D eigenvalue weighted by Gasteiger charge is -2.36. The summed E-state index contributed by atoms with van der Waals surface area (Å²) in [6.45, 7) is 8.78. The van der Waals surface area contributed by atoms with Gasteiger partial charge in [0.2, 0.25) is 0 Å². The Morgan fingerprint density at radius 1 is 1.06 bits per heavy atom. The van der Waals surface area contributed by atoms with Gasteiger partial charge in [0.05, 0.1) is 5.92 Å². The maximum atomic E-state index is 11.0. The lowest BCUT2D eigenvalue weighted by Crippen LogP contribution is -2.50. The third-order valence-electron chi connectivity index (χ3n) is 6.51. The van der Waals surface area contributed by atoms with Crippen LogP contribution in [-0.4, -0.2) is 73.8 Å². The van der Waals surface area contributed by atoms with Crippen LogP contribution in [0.5, 0.6) is 5.75 Å². The standard InChI is InChI=1S/C26H29N3O3/c1-19(13-20-5-3-2-4-6-20)15-28-9-11-29(12-10-28)16-25-23-18-31-24-14-21(17-30)7-8-22(24)26(23)27-32-25/h2-8,13-14,17,23,25H,9-12,15-16,18H2,1H3. The molecule has 5 rings (SSSR count). The molecule has 0 bridgehead atoms. The molecule has 2 unspecified atom stereocenters. The van der Waals surface area contributed by atoms with Gasteiger partial charge in [-0.15, -0.1) is 0 Å². The van der Waals surface area contributed by atoms with Gasteiger partial charge in [0, 0.05) is 50.4 Å². The Morgan fingerprint density at radius 3 is 2.62 bits per heavy atom. The number of aldehydes is 1. The summed E-state index contributed by atoms with van der Waals surface area (Å²) in [6.07, 6.45) is 3.12. The highest BCUT2D eigenvalue weighted by Gasteiger charge is 2.40.